The number of anilines is 1. The lowest BCUT2D eigenvalue weighted by Crippen LogP contribution is -2.24. The lowest BCUT2D eigenvalue weighted by Gasteiger charge is -2.11. The van der Waals surface area contributed by atoms with Gasteiger partial charge in [0.2, 0.25) is 0 Å². The number of hydrogen-bond donors (Lipinski definition) is 2. The van der Waals surface area contributed by atoms with Crippen molar-refractivity contribution in [3.63, 3.8) is 0 Å². The quantitative estimate of drug-likeness (QED) is 0.717. The minimum atomic E-state index is -0.282. The van der Waals surface area contributed by atoms with Crippen molar-refractivity contribution >= 4 is 17.5 Å². The summed E-state index contributed by atoms with van der Waals surface area (Å²) in [6.45, 7) is 5.10. The van der Waals surface area contributed by atoms with Crippen LogP contribution in [-0.2, 0) is 0 Å². The highest BCUT2D eigenvalue weighted by molar-refractivity contribution is 6.06. The van der Waals surface area contributed by atoms with Crippen molar-refractivity contribution in [2.45, 2.75) is 26.7 Å². The molecule has 2 rings (SSSR count). The highest BCUT2D eigenvalue weighted by atomic mass is 16.5. The summed E-state index contributed by atoms with van der Waals surface area (Å²) in [7, 11) is 0. The monoisotopic (exact) mass is 340 g/mol. The number of amides is 2. The van der Waals surface area contributed by atoms with Crippen molar-refractivity contribution < 1.29 is 14.3 Å². The van der Waals surface area contributed by atoms with Crippen LogP contribution in [0.5, 0.6) is 5.75 Å². The summed E-state index contributed by atoms with van der Waals surface area (Å²) in [5.41, 5.74) is 1.50. The second-order valence-corrected chi connectivity index (χ2v) is 5.57. The van der Waals surface area contributed by atoms with Crippen LogP contribution in [0.25, 0.3) is 0 Å². The van der Waals surface area contributed by atoms with Crippen LogP contribution in [0, 0.1) is 0 Å². The predicted octanol–water partition coefficient (Wildman–Crippen LogP) is 3.87. The Morgan fingerprint density at radius 2 is 1.68 bits per heavy atom. The maximum absolute atomic E-state index is 12.5. The van der Waals surface area contributed by atoms with Crippen LogP contribution in [0.2, 0.25) is 0 Å². The lowest BCUT2D eigenvalue weighted by molar-refractivity contribution is 0.0953. The van der Waals surface area contributed by atoms with Crippen LogP contribution in [-0.4, -0.2) is 25.0 Å². The molecule has 2 aromatic rings. The van der Waals surface area contributed by atoms with E-state index in [4.69, 9.17) is 4.74 Å². The number of nitrogens with one attached hydrogen (secondary N) is 2. The average Bonchev–Trinajstić information content (AvgIpc) is 2.64. The van der Waals surface area contributed by atoms with Gasteiger partial charge in [-0.2, -0.15) is 0 Å². The van der Waals surface area contributed by atoms with Gasteiger partial charge in [-0.3, -0.25) is 9.59 Å². The van der Waals surface area contributed by atoms with Gasteiger partial charge in [0.1, 0.15) is 5.75 Å². The Morgan fingerprint density at radius 1 is 0.960 bits per heavy atom. The molecule has 0 aliphatic rings. The molecule has 0 aliphatic heterocycles. The van der Waals surface area contributed by atoms with Crippen molar-refractivity contribution in [1.82, 2.24) is 5.32 Å². The SMILES string of the molecule is CCCCNC(=O)c1cccc(C(=O)Nc2ccccc2OCC)c1. The highest BCUT2D eigenvalue weighted by Gasteiger charge is 2.12. The number of hydrogen-bond acceptors (Lipinski definition) is 3. The Balaban J connectivity index is 2.10. The summed E-state index contributed by atoms with van der Waals surface area (Å²) in [6.07, 6.45) is 1.95. The van der Waals surface area contributed by atoms with E-state index in [0.29, 0.717) is 35.7 Å². The van der Waals surface area contributed by atoms with Gasteiger partial charge in [-0.1, -0.05) is 31.5 Å². The second-order valence-electron chi connectivity index (χ2n) is 5.57. The average molecular weight is 340 g/mol. The van der Waals surface area contributed by atoms with Crippen LogP contribution in [0.15, 0.2) is 48.5 Å². The highest BCUT2D eigenvalue weighted by Crippen LogP contribution is 2.24. The Hall–Kier alpha value is -2.82. The largest absolute Gasteiger partial charge is 0.492 e. The van der Waals surface area contributed by atoms with Crippen molar-refractivity contribution in [2.24, 2.45) is 0 Å². The van der Waals surface area contributed by atoms with E-state index in [1.807, 2.05) is 19.1 Å². The molecule has 0 aromatic heterocycles. The first-order chi connectivity index (χ1) is 12.2. The van der Waals surface area contributed by atoms with Gasteiger partial charge >= 0.3 is 0 Å². The minimum absolute atomic E-state index is 0.169. The van der Waals surface area contributed by atoms with E-state index in [0.717, 1.165) is 12.8 Å². The Kier molecular flexibility index (Phi) is 7.01. The van der Waals surface area contributed by atoms with Crippen molar-refractivity contribution in [2.75, 3.05) is 18.5 Å². The first-order valence-electron chi connectivity index (χ1n) is 8.57. The molecular weight excluding hydrogens is 316 g/mol. The van der Waals surface area contributed by atoms with E-state index < -0.39 is 0 Å². The summed E-state index contributed by atoms with van der Waals surface area (Å²) in [5, 5.41) is 5.69. The fourth-order valence-electron chi connectivity index (χ4n) is 2.33. The molecule has 0 spiro atoms. The second kappa shape index (κ2) is 9.47. The number of para-hydroxylation sites is 2. The van der Waals surface area contributed by atoms with Crippen LogP contribution in [0.1, 0.15) is 47.4 Å². The van der Waals surface area contributed by atoms with Gasteiger partial charge in [-0.15, -0.1) is 0 Å². The van der Waals surface area contributed by atoms with E-state index in [2.05, 4.69) is 17.6 Å². The number of rotatable bonds is 8. The smallest absolute Gasteiger partial charge is 0.255 e. The third kappa shape index (κ3) is 5.35. The van der Waals surface area contributed by atoms with Gasteiger partial charge in [0.15, 0.2) is 0 Å². The third-order valence-electron chi connectivity index (χ3n) is 3.64. The predicted molar refractivity (Wildman–Crippen MR) is 99.2 cm³/mol. The molecule has 132 valence electrons. The molecule has 0 saturated carbocycles. The maximum atomic E-state index is 12.5. The third-order valence-corrected chi connectivity index (χ3v) is 3.64. The van der Waals surface area contributed by atoms with Crippen molar-refractivity contribution in [1.29, 1.82) is 0 Å². The summed E-state index contributed by atoms with van der Waals surface area (Å²) in [6, 6.07) is 13.9. The van der Waals surface area contributed by atoms with Crippen LogP contribution < -0.4 is 15.4 Å². The van der Waals surface area contributed by atoms with Gasteiger partial charge in [0.05, 0.1) is 12.3 Å². The molecule has 0 heterocycles. The first kappa shape index (κ1) is 18.5. The molecule has 2 amide bonds. The molecular formula is C20H24N2O3. The van der Waals surface area contributed by atoms with Gasteiger partial charge in [0.25, 0.3) is 11.8 Å². The van der Waals surface area contributed by atoms with Crippen LogP contribution >= 0.6 is 0 Å². The molecule has 25 heavy (non-hydrogen) atoms. The van der Waals surface area contributed by atoms with Crippen molar-refractivity contribution in [3.8, 4) is 5.75 Å². The Bertz CT molecular complexity index is 728. The van der Waals surface area contributed by atoms with E-state index in [1.54, 1.807) is 36.4 Å². The first-order valence-corrected chi connectivity index (χ1v) is 8.57. The normalized spacial score (nSPS) is 10.2. The molecule has 0 aliphatic carbocycles. The zero-order valence-corrected chi connectivity index (χ0v) is 14.7. The molecule has 0 saturated heterocycles. The van der Waals surface area contributed by atoms with E-state index in [1.165, 1.54) is 0 Å². The van der Waals surface area contributed by atoms with E-state index in [-0.39, 0.29) is 11.8 Å². The zero-order chi connectivity index (χ0) is 18.1. The van der Waals surface area contributed by atoms with Crippen LogP contribution in [0.4, 0.5) is 5.69 Å². The number of unbranched alkanes of at least 4 members (excludes halogenated alkanes) is 1. The molecule has 0 radical (unpaired) electrons. The zero-order valence-electron chi connectivity index (χ0n) is 14.7. The fourth-order valence-corrected chi connectivity index (χ4v) is 2.33. The number of benzene rings is 2. The van der Waals surface area contributed by atoms with Gasteiger partial charge in [-0.25, -0.2) is 0 Å². The van der Waals surface area contributed by atoms with Crippen molar-refractivity contribution in [3.05, 3.63) is 59.7 Å². The summed E-state index contributed by atoms with van der Waals surface area (Å²) >= 11 is 0. The van der Waals surface area contributed by atoms with E-state index >= 15 is 0 Å². The van der Waals surface area contributed by atoms with E-state index in [9.17, 15) is 9.59 Å². The molecule has 0 unspecified atom stereocenters. The minimum Gasteiger partial charge on any atom is -0.492 e. The van der Waals surface area contributed by atoms with Gasteiger partial charge < -0.3 is 15.4 Å². The van der Waals surface area contributed by atoms with Crippen LogP contribution in [0.3, 0.4) is 0 Å². The summed E-state index contributed by atoms with van der Waals surface area (Å²) in [4.78, 5) is 24.6. The number of carbonyl (C=O) groups is 2. The molecule has 5 nitrogen and oxygen atoms in total. The maximum Gasteiger partial charge on any atom is 0.255 e. The molecule has 2 aromatic carbocycles. The molecule has 0 fully saturated rings. The topological polar surface area (TPSA) is 67.4 Å². The molecule has 0 bridgehead atoms. The molecule has 5 heteroatoms. The summed E-state index contributed by atoms with van der Waals surface area (Å²) < 4.78 is 5.51. The number of ether oxygens (including phenoxy) is 1. The Labute approximate surface area is 148 Å². The molecule has 0 atom stereocenters. The Morgan fingerprint density at radius 3 is 2.40 bits per heavy atom. The fraction of sp³-hybridized carbons (Fsp3) is 0.300. The van der Waals surface area contributed by atoms with Gasteiger partial charge in [-0.05, 0) is 43.7 Å². The lowest BCUT2D eigenvalue weighted by atomic mass is 10.1. The van der Waals surface area contributed by atoms with Gasteiger partial charge in [0, 0.05) is 17.7 Å². The standard InChI is InChI=1S/C20H24N2O3/c1-3-5-13-21-19(23)15-9-8-10-16(14-15)20(24)22-17-11-6-7-12-18(17)25-4-2/h6-12,14H,3-5,13H2,1-2H3,(H,21,23)(H,22,24). The number of carbonyl (C=O) groups excluding carboxylic acids is 2. The summed E-state index contributed by atoms with van der Waals surface area (Å²) in [5.74, 6) is 0.167. The molecule has 2 N–H and O–H groups in total.